The minimum atomic E-state index is 0.119. The van der Waals surface area contributed by atoms with Crippen molar-refractivity contribution in [3.05, 3.63) is 63.6 Å². The first kappa shape index (κ1) is 12.2. The van der Waals surface area contributed by atoms with Crippen molar-refractivity contribution in [3.63, 3.8) is 0 Å². The van der Waals surface area contributed by atoms with Gasteiger partial charge < -0.3 is 0 Å². The van der Waals surface area contributed by atoms with Crippen molar-refractivity contribution >= 4 is 0 Å². The zero-order valence-corrected chi connectivity index (χ0v) is 11.0. The molecule has 1 aromatic heterocycles. The van der Waals surface area contributed by atoms with E-state index < -0.39 is 0 Å². The Morgan fingerprint density at radius 1 is 1.11 bits per heavy atom. The molecule has 3 rings (SSSR count). The van der Waals surface area contributed by atoms with Crippen LogP contribution in [0.2, 0.25) is 0 Å². The highest BCUT2D eigenvalue weighted by Crippen LogP contribution is 2.16. The van der Waals surface area contributed by atoms with Crippen molar-refractivity contribution in [2.45, 2.75) is 38.6 Å². The number of fused-ring (bicyclic) bond motifs is 1. The lowest BCUT2D eigenvalue weighted by molar-refractivity contribution is 0.552. The molecule has 0 N–H and O–H groups in total. The van der Waals surface area contributed by atoms with Crippen LogP contribution in [-0.2, 0) is 25.8 Å². The van der Waals surface area contributed by atoms with Crippen LogP contribution in [0.25, 0.3) is 0 Å². The molecule has 0 unspecified atom stereocenters. The van der Waals surface area contributed by atoms with E-state index >= 15 is 0 Å². The quantitative estimate of drug-likeness (QED) is 0.842. The molecule has 1 aliphatic carbocycles. The van der Waals surface area contributed by atoms with Crippen molar-refractivity contribution < 1.29 is 0 Å². The second-order valence-corrected chi connectivity index (χ2v) is 5.12. The maximum atomic E-state index is 12.3. The maximum absolute atomic E-state index is 12.3. The first-order chi connectivity index (χ1) is 9.34. The molecule has 2 aromatic rings. The predicted molar refractivity (Wildman–Crippen MR) is 75.3 cm³/mol. The monoisotopic (exact) mass is 254 g/mol. The molecule has 0 radical (unpaired) electrons. The molecule has 0 bridgehead atoms. The van der Waals surface area contributed by atoms with Crippen LogP contribution in [-0.4, -0.2) is 9.78 Å². The Kier molecular flexibility index (Phi) is 3.45. The van der Waals surface area contributed by atoms with Crippen LogP contribution in [0.1, 0.15) is 29.5 Å². The van der Waals surface area contributed by atoms with E-state index in [9.17, 15) is 4.79 Å². The van der Waals surface area contributed by atoms with E-state index in [4.69, 9.17) is 0 Å². The van der Waals surface area contributed by atoms with Gasteiger partial charge in [-0.05, 0) is 43.2 Å². The van der Waals surface area contributed by atoms with E-state index in [1.165, 1.54) is 12.0 Å². The summed E-state index contributed by atoms with van der Waals surface area (Å²) in [4.78, 5) is 12.3. The summed E-state index contributed by atoms with van der Waals surface area (Å²) in [7, 11) is 0. The Balaban J connectivity index is 1.80. The maximum Gasteiger partial charge on any atom is 0.270 e. The normalized spacial score (nSPS) is 14.1. The largest absolute Gasteiger partial charge is 0.270 e. The van der Waals surface area contributed by atoms with Crippen LogP contribution in [0.4, 0.5) is 0 Å². The van der Waals surface area contributed by atoms with Gasteiger partial charge in [0.25, 0.3) is 5.56 Å². The summed E-state index contributed by atoms with van der Waals surface area (Å²) in [6.07, 6.45) is 6.99. The molecule has 0 saturated carbocycles. The summed E-state index contributed by atoms with van der Waals surface area (Å²) >= 11 is 0. The highest BCUT2D eigenvalue weighted by atomic mass is 16.1. The number of benzene rings is 1. The van der Waals surface area contributed by atoms with Gasteiger partial charge in [0, 0.05) is 12.1 Å². The van der Waals surface area contributed by atoms with Crippen molar-refractivity contribution in [2.75, 3.05) is 0 Å². The summed E-state index contributed by atoms with van der Waals surface area (Å²) in [5.74, 6) is 0. The van der Waals surface area contributed by atoms with Crippen LogP contribution in [0.15, 0.2) is 41.3 Å². The lowest BCUT2D eigenvalue weighted by Crippen LogP contribution is -2.29. The molecule has 1 aromatic carbocycles. The SMILES string of the molecule is O=c1c2c(cnn1CCc1ccccc1)CCCC2. The lowest BCUT2D eigenvalue weighted by atomic mass is 9.94. The van der Waals surface area contributed by atoms with Crippen molar-refractivity contribution in [3.8, 4) is 0 Å². The first-order valence-electron chi connectivity index (χ1n) is 6.96. The van der Waals surface area contributed by atoms with Gasteiger partial charge in [-0.1, -0.05) is 30.3 Å². The minimum Gasteiger partial charge on any atom is -0.267 e. The van der Waals surface area contributed by atoms with Gasteiger partial charge in [0.05, 0.1) is 6.20 Å². The summed E-state index contributed by atoms with van der Waals surface area (Å²) in [6.45, 7) is 0.663. The average Bonchev–Trinajstić information content (AvgIpc) is 2.48. The fourth-order valence-electron chi connectivity index (χ4n) is 2.70. The van der Waals surface area contributed by atoms with Gasteiger partial charge in [-0.25, -0.2) is 4.68 Å². The minimum absolute atomic E-state index is 0.119. The Hall–Kier alpha value is -1.90. The first-order valence-corrected chi connectivity index (χ1v) is 6.96. The summed E-state index contributed by atoms with van der Waals surface area (Å²) in [5.41, 5.74) is 3.52. The summed E-state index contributed by atoms with van der Waals surface area (Å²) < 4.78 is 1.62. The number of nitrogens with zero attached hydrogens (tertiary/aromatic N) is 2. The molecule has 0 spiro atoms. The van der Waals surface area contributed by atoms with E-state index in [1.807, 2.05) is 24.4 Å². The van der Waals surface area contributed by atoms with Crippen molar-refractivity contribution in [1.29, 1.82) is 0 Å². The molecule has 0 fully saturated rings. The number of aromatic nitrogens is 2. The van der Waals surface area contributed by atoms with Gasteiger partial charge >= 0.3 is 0 Å². The number of rotatable bonds is 3. The topological polar surface area (TPSA) is 34.9 Å². The van der Waals surface area contributed by atoms with E-state index in [2.05, 4.69) is 17.2 Å². The van der Waals surface area contributed by atoms with Crippen molar-refractivity contribution in [1.82, 2.24) is 9.78 Å². The third kappa shape index (κ3) is 2.60. The Bertz CT molecular complexity index is 616. The van der Waals surface area contributed by atoms with E-state index in [-0.39, 0.29) is 5.56 Å². The molecule has 1 aliphatic rings. The zero-order valence-electron chi connectivity index (χ0n) is 11.0. The molecule has 98 valence electrons. The van der Waals surface area contributed by atoms with Crippen molar-refractivity contribution in [2.24, 2.45) is 0 Å². The second-order valence-electron chi connectivity index (χ2n) is 5.12. The number of hydrogen-bond acceptors (Lipinski definition) is 2. The van der Waals surface area contributed by atoms with Crippen LogP contribution >= 0.6 is 0 Å². The highest BCUT2D eigenvalue weighted by molar-refractivity contribution is 5.23. The molecular weight excluding hydrogens is 236 g/mol. The van der Waals surface area contributed by atoms with E-state index in [0.29, 0.717) is 6.54 Å². The Morgan fingerprint density at radius 2 is 1.89 bits per heavy atom. The summed E-state index contributed by atoms with van der Waals surface area (Å²) in [5, 5.41) is 4.31. The average molecular weight is 254 g/mol. The second kappa shape index (κ2) is 5.39. The van der Waals surface area contributed by atoms with Gasteiger partial charge in [0.15, 0.2) is 0 Å². The van der Waals surface area contributed by atoms with E-state index in [0.717, 1.165) is 36.8 Å². The number of hydrogen-bond donors (Lipinski definition) is 0. The van der Waals surface area contributed by atoms with Gasteiger partial charge in [-0.2, -0.15) is 5.10 Å². The molecule has 0 saturated heterocycles. The van der Waals surface area contributed by atoms with Crippen LogP contribution in [0, 0.1) is 0 Å². The molecule has 0 aliphatic heterocycles. The van der Waals surface area contributed by atoms with E-state index in [1.54, 1.807) is 4.68 Å². The van der Waals surface area contributed by atoms with Gasteiger partial charge in [0.1, 0.15) is 0 Å². The van der Waals surface area contributed by atoms with Crippen LogP contribution in [0.5, 0.6) is 0 Å². The molecule has 0 atom stereocenters. The van der Waals surface area contributed by atoms with Crippen LogP contribution < -0.4 is 5.56 Å². The molecular formula is C16H18N2O. The van der Waals surface area contributed by atoms with Gasteiger partial charge in [0.2, 0.25) is 0 Å². The molecule has 0 amide bonds. The van der Waals surface area contributed by atoms with Crippen LogP contribution in [0.3, 0.4) is 0 Å². The standard InChI is InChI=1S/C16H18N2O/c19-16-15-9-5-4-8-14(15)12-17-18(16)11-10-13-6-2-1-3-7-13/h1-3,6-7,12H,4-5,8-11H2. The Labute approximate surface area is 112 Å². The fourth-order valence-corrected chi connectivity index (χ4v) is 2.70. The third-order valence-corrected chi connectivity index (χ3v) is 3.81. The number of aryl methyl sites for hydroxylation is 3. The third-order valence-electron chi connectivity index (χ3n) is 3.81. The summed E-state index contributed by atoms with van der Waals surface area (Å²) in [6, 6.07) is 10.2. The lowest BCUT2D eigenvalue weighted by Gasteiger charge is -2.15. The van der Waals surface area contributed by atoms with Gasteiger partial charge in [-0.3, -0.25) is 4.79 Å². The fraction of sp³-hybridized carbons (Fsp3) is 0.375. The van der Waals surface area contributed by atoms with Gasteiger partial charge in [-0.15, -0.1) is 0 Å². The Morgan fingerprint density at radius 3 is 2.74 bits per heavy atom. The molecule has 1 heterocycles. The highest BCUT2D eigenvalue weighted by Gasteiger charge is 2.14. The molecule has 3 heteroatoms. The molecule has 19 heavy (non-hydrogen) atoms. The predicted octanol–water partition coefficient (Wildman–Crippen LogP) is 2.36. The molecule has 3 nitrogen and oxygen atoms in total. The smallest absolute Gasteiger partial charge is 0.267 e. The zero-order chi connectivity index (χ0) is 13.1.